The van der Waals surface area contributed by atoms with E-state index in [1.807, 2.05) is 0 Å². The maximum atomic E-state index is 11.9. The van der Waals surface area contributed by atoms with E-state index in [2.05, 4.69) is 15.9 Å². The molecule has 0 aliphatic heterocycles. The van der Waals surface area contributed by atoms with Gasteiger partial charge in [-0.3, -0.25) is 4.79 Å². The van der Waals surface area contributed by atoms with Crippen LogP contribution in [0, 0.1) is 0 Å². The first-order valence-electron chi connectivity index (χ1n) is 4.86. The lowest BCUT2D eigenvalue weighted by Crippen LogP contribution is -2.10. The molecule has 0 aliphatic carbocycles. The van der Waals surface area contributed by atoms with Crippen molar-refractivity contribution in [1.82, 2.24) is 0 Å². The van der Waals surface area contributed by atoms with E-state index in [1.165, 1.54) is 6.07 Å². The van der Waals surface area contributed by atoms with Crippen LogP contribution in [0.5, 0.6) is 5.75 Å². The van der Waals surface area contributed by atoms with Gasteiger partial charge in [0, 0.05) is 10.9 Å². The Balaban J connectivity index is 2.51. The fraction of sp³-hybridized carbons (Fsp3) is 0.364. The van der Waals surface area contributed by atoms with E-state index in [0.29, 0.717) is 16.3 Å². The van der Waals surface area contributed by atoms with Gasteiger partial charge in [0.25, 0.3) is 0 Å². The summed E-state index contributed by atoms with van der Waals surface area (Å²) in [6, 6.07) is 4.75. The molecule has 6 heteroatoms. The zero-order chi connectivity index (χ0) is 12.9. The van der Waals surface area contributed by atoms with Crippen molar-refractivity contribution >= 4 is 22.2 Å². The van der Waals surface area contributed by atoms with E-state index in [9.17, 15) is 18.0 Å². The lowest BCUT2D eigenvalue weighted by molar-refractivity contribution is -0.136. The molecule has 0 spiro atoms. The van der Waals surface area contributed by atoms with Gasteiger partial charge in [-0.15, -0.1) is 0 Å². The molecular formula is C11H10BrF3O2. The van der Waals surface area contributed by atoms with Crippen LogP contribution >= 0.6 is 15.9 Å². The van der Waals surface area contributed by atoms with Crippen molar-refractivity contribution in [3.05, 3.63) is 28.2 Å². The smallest absolute Gasteiger partial charge is 0.389 e. The summed E-state index contributed by atoms with van der Waals surface area (Å²) in [5, 5.41) is 0. The molecular weight excluding hydrogens is 301 g/mol. The predicted molar refractivity (Wildman–Crippen MR) is 60.3 cm³/mol. The minimum Gasteiger partial charge on any atom is -0.493 e. The van der Waals surface area contributed by atoms with E-state index in [4.69, 9.17) is 4.74 Å². The molecule has 17 heavy (non-hydrogen) atoms. The summed E-state index contributed by atoms with van der Waals surface area (Å²) in [4.78, 5) is 10.7. The van der Waals surface area contributed by atoms with Crippen LogP contribution in [0.2, 0.25) is 0 Å². The topological polar surface area (TPSA) is 26.3 Å². The van der Waals surface area contributed by atoms with Gasteiger partial charge >= 0.3 is 6.18 Å². The highest BCUT2D eigenvalue weighted by molar-refractivity contribution is 9.10. The quantitative estimate of drug-likeness (QED) is 0.607. The fourth-order valence-electron chi connectivity index (χ4n) is 1.19. The van der Waals surface area contributed by atoms with Crippen LogP contribution in [0.3, 0.4) is 0 Å². The number of rotatable bonds is 5. The minimum absolute atomic E-state index is 0.0726. The summed E-state index contributed by atoms with van der Waals surface area (Å²) in [5.41, 5.74) is 0.320. The summed E-state index contributed by atoms with van der Waals surface area (Å²) in [6.07, 6.45) is -4.59. The number of carbonyl (C=O) groups is 1. The van der Waals surface area contributed by atoms with Crippen molar-refractivity contribution in [3.8, 4) is 5.75 Å². The maximum Gasteiger partial charge on any atom is 0.389 e. The van der Waals surface area contributed by atoms with E-state index < -0.39 is 12.6 Å². The number of aldehydes is 1. The van der Waals surface area contributed by atoms with Crippen molar-refractivity contribution in [1.29, 1.82) is 0 Å². The Morgan fingerprint density at radius 1 is 1.35 bits per heavy atom. The van der Waals surface area contributed by atoms with Crippen molar-refractivity contribution < 1.29 is 22.7 Å². The van der Waals surface area contributed by atoms with Crippen molar-refractivity contribution in [2.45, 2.75) is 19.0 Å². The van der Waals surface area contributed by atoms with Gasteiger partial charge in [0.05, 0.1) is 12.2 Å². The highest BCUT2D eigenvalue weighted by Crippen LogP contribution is 2.24. The molecule has 0 radical (unpaired) electrons. The second kappa shape index (κ2) is 6.05. The number of alkyl halides is 3. The Kier molecular flexibility index (Phi) is 4.99. The maximum absolute atomic E-state index is 11.9. The molecule has 0 amide bonds. The van der Waals surface area contributed by atoms with E-state index in [1.54, 1.807) is 12.1 Å². The average Bonchev–Trinajstić information content (AvgIpc) is 2.23. The van der Waals surface area contributed by atoms with Gasteiger partial charge in [-0.25, -0.2) is 0 Å². The van der Waals surface area contributed by atoms with Crippen LogP contribution < -0.4 is 4.74 Å². The molecule has 0 saturated heterocycles. The number of hydrogen-bond donors (Lipinski definition) is 0. The zero-order valence-corrected chi connectivity index (χ0v) is 10.3. The van der Waals surface area contributed by atoms with Crippen LogP contribution in [0.15, 0.2) is 22.7 Å². The third-order valence-electron chi connectivity index (χ3n) is 1.96. The molecule has 0 saturated carbocycles. The zero-order valence-electron chi connectivity index (χ0n) is 8.76. The number of benzene rings is 1. The normalized spacial score (nSPS) is 11.3. The Hall–Kier alpha value is -1.04. The minimum atomic E-state index is -4.17. The molecule has 0 unspecified atom stereocenters. The molecule has 0 atom stereocenters. The SMILES string of the molecule is O=Cc1ccc(Br)cc1OCCCC(F)(F)F. The van der Waals surface area contributed by atoms with Crippen LogP contribution in [0.25, 0.3) is 0 Å². The molecule has 0 heterocycles. The Bertz CT molecular complexity index is 391. The van der Waals surface area contributed by atoms with E-state index in [-0.39, 0.29) is 18.8 Å². The van der Waals surface area contributed by atoms with Gasteiger partial charge in [-0.2, -0.15) is 13.2 Å². The molecule has 1 aromatic carbocycles. The first kappa shape index (κ1) is 14.0. The number of halogens is 4. The number of hydrogen-bond acceptors (Lipinski definition) is 2. The first-order chi connectivity index (χ1) is 7.92. The van der Waals surface area contributed by atoms with Gasteiger partial charge in [0.1, 0.15) is 5.75 Å². The van der Waals surface area contributed by atoms with E-state index >= 15 is 0 Å². The second-order valence-corrected chi connectivity index (χ2v) is 4.28. The largest absolute Gasteiger partial charge is 0.493 e. The first-order valence-corrected chi connectivity index (χ1v) is 5.66. The summed E-state index contributed by atoms with van der Waals surface area (Å²) in [6.45, 7) is -0.0726. The predicted octanol–water partition coefficient (Wildman–Crippen LogP) is 3.98. The van der Waals surface area contributed by atoms with Crippen LogP contribution in [0.1, 0.15) is 23.2 Å². The molecule has 0 fully saturated rings. The number of carbonyl (C=O) groups excluding carboxylic acids is 1. The van der Waals surface area contributed by atoms with Gasteiger partial charge in [-0.1, -0.05) is 15.9 Å². The second-order valence-electron chi connectivity index (χ2n) is 3.37. The van der Waals surface area contributed by atoms with Crippen LogP contribution in [-0.4, -0.2) is 19.1 Å². The van der Waals surface area contributed by atoms with Gasteiger partial charge in [0.15, 0.2) is 6.29 Å². The summed E-state index contributed by atoms with van der Waals surface area (Å²) in [7, 11) is 0. The molecule has 1 rings (SSSR count). The summed E-state index contributed by atoms with van der Waals surface area (Å²) < 4.78 is 41.5. The Labute approximate surface area is 105 Å². The van der Waals surface area contributed by atoms with Gasteiger partial charge in [-0.05, 0) is 24.6 Å². The average molecular weight is 311 g/mol. The monoisotopic (exact) mass is 310 g/mol. The number of ether oxygens (including phenoxy) is 1. The summed E-state index contributed by atoms with van der Waals surface area (Å²) in [5.74, 6) is 0.288. The Morgan fingerprint density at radius 3 is 2.65 bits per heavy atom. The van der Waals surface area contributed by atoms with Gasteiger partial charge < -0.3 is 4.74 Å². The standard InChI is InChI=1S/C11H10BrF3O2/c12-9-3-2-8(7-16)10(6-9)17-5-1-4-11(13,14)15/h2-3,6-7H,1,4-5H2. The van der Waals surface area contributed by atoms with E-state index in [0.717, 1.165) is 0 Å². The lowest BCUT2D eigenvalue weighted by Gasteiger charge is -2.10. The molecule has 0 aromatic heterocycles. The third kappa shape index (κ3) is 5.21. The molecule has 94 valence electrons. The van der Waals surface area contributed by atoms with Crippen LogP contribution in [0.4, 0.5) is 13.2 Å². The van der Waals surface area contributed by atoms with Crippen molar-refractivity contribution in [2.24, 2.45) is 0 Å². The summed E-state index contributed by atoms with van der Waals surface area (Å²) >= 11 is 3.19. The molecule has 1 aromatic rings. The highest BCUT2D eigenvalue weighted by Gasteiger charge is 2.26. The van der Waals surface area contributed by atoms with Gasteiger partial charge in [0.2, 0.25) is 0 Å². The Morgan fingerprint density at radius 2 is 2.06 bits per heavy atom. The molecule has 0 N–H and O–H groups in total. The van der Waals surface area contributed by atoms with Crippen LogP contribution in [-0.2, 0) is 0 Å². The lowest BCUT2D eigenvalue weighted by atomic mass is 10.2. The highest BCUT2D eigenvalue weighted by atomic mass is 79.9. The third-order valence-corrected chi connectivity index (χ3v) is 2.46. The molecule has 2 nitrogen and oxygen atoms in total. The molecule has 0 aliphatic rings. The van der Waals surface area contributed by atoms with Crippen molar-refractivity contribution in [3.63, 3.8) is 0 Å². The molecule has 0 bridgehead atoms. The van der Waals surface area contributed by atoms with Crippen molar-refractivity contribution in [2.75, 3.05) is 6.61 Å². The fourth-order valence-corrected chi connectivity index (χ4v) is 1.53.